The van der Waals surface area contributed by atoms with Crippen LogP contribution in [0.5, 0.6) is 0 Å². The molecule has 0 saturated heterocycles. The van der Waals surface area contributed by atoms with Crippen LogP contribution in [0.4, 0.5) is 0 Å². The van der Waals surface area contributed by atoms with Crippen LogP contribution in [-0.4, -0.2) is 16.1 Å². The number of allylic oxidation sites excluding steroid dienone is 1. The highest BCUT2D eigenvalue weighted by Gasteiger charge is 2.43. The lowest BCUT2D eigenvalue weighted by Gasteiger charge is -2.36. The van der Waals surface area contributed by atoms with Crippen LogP contribution in [0.1, 0.15) is 51.4 Å². The van der Waals surface area contributed by atoms with Crippen molar-refractivity contribution in [2.75, 3.05) is 0 Å². The van der Waals surface area contributed by atoms with E-state index in [1.807, 2.05) is 0 Å². The van der Waals surface area contributed by atoms with E-state index in [0.29, 0.717) is 0 Å². The fourth-order valence-corrected chi connectivity index (χ4v) is 15.1. The van der Waals surface area contributed by atoms with Crippen LogP contribution in [0.25, 0.3) is 0 Å². The quantitative estimate of drug-likeness (QED) is 0.288. The number of hydrogen-bond donors (Lipinski definition) is 0. The Balaban J connectivity index is 1.43. The van der Waals surface area contributed by atoms with Crippen molar-refractivity contribution in [1.29, 1.82) is 0 Å². The summed E-state index contributed by atoms with van der Waals surface area (Å²) in [6.45, 7) is 12.7. The van der Waals surface area contributed by atoms with Crippen molar-refractivity contribution in [3.05, 3.63) is 72.8 Å². The molecule has 0 N–H and O–H groups in total. The van der Waals surface area contributed by atoms with Gasteiger partial charge < -0.3 is 0 Å². The van der Waals surface area contributed by atoms with Gasteiger partial charge in [-0.1, -0.05) is 135 Å². The molecule has 0 amide bonds. The Bertz CT molecular complexity index is 809. The van der Waals surface area contributed by atoms with Crippen LogP contribution < -0.4 is 10.4 Å². The summed E-state index contributed by atoms with van der Waals surface area (Å²) in [5, 5.41) is 3.09. The van der Waals surface area contributed by atoms with Crippen LogP contribution in [-0.2, 0) is 0 Å². The molecule has 2 aromatic rings. The van der Waals surface area contributed by atoms with Crippen LogP contribution in [0, 0.1) is 5.92 Å². The predicted octanol–water partition coefficient (Wildman–Crippen LogP) is 7.65. The zero-order valence-electron chi connectivity index (χ0n) is 20.1. The average molecular weight is 447 g/mol. The van der Waals surface area contributed by atoms with E-state index in [0.717, 1.165) is 17.0 Å². The van der Waals surface area contributed by atoms with Crippen molar-refractivity contribution in [1.82, 2.24) is 0 Å². The van der Waals surface area contributed by atoms with Crippen molar-refractivity contribution in [2.45, 2.75) is 88.1 Å². The van der Waals surface area contributed by atoms with Crippen molar-refractivity contribution in [2.24, 2.45) is 5.92 Å². The summed E-state index contributed by atoms with van der Waals surface area (Å²) in [6.07, 6.45) is 11.8. The number of rotatable bonds is 8. The highest BCUT2D eigenvalue weighted by molar-refractivity contribution is 7.01. The van der Waals surface area contributed by atoms with Gasteiger partial charge >= 0.3 is 0 Å². The van der Waals surface area contributed by atoms with E-state index < -0.39 is 16.1 Å². The lowest BCUT2D eigenvalue weighted by atomic mass is 10.00. The molecule has 0 aliphatic heterocycles. The second kappa shape index (κ2) is 9.62. The molecule has 2 unspecified atom stereocenters. The van der Waals surface area contributed by atoms with Crippen molar-refractivity contribution in [3.63, 3.8) is 0 Å². The summed E-state index contributed by atoms with van der Waals surface area (Å²) in [5.74, 6) is 0.885. The Hall–Kier alpha value is -1.39. The molecule has 2 aliphatic carbocycles. The third kappa shape index (κ3) is 5.01. The molecule has 166 valence electrons. The topological polar surface area (TPSA) is 0 Å². The van der Waals surface area contributed by atoms with E-state index in [-0.39, 0.29) is 0 Å². The molecular formula is C29H42Si2. The first-order valence-electron chi connectivity index (χ1n) is 12.7. The smallest absolute Gasteiger partial charge is 0.100 e. The van der Waals surface area contributed by atoms with Crippen molar-refractivity contribution in [3.8, 4) is 0 Å². The van der Waals surface area contributed by atoms with Gasteiger partial charge in [-0.2, -0.15) is 0 Å². The maximum absolute atomic E-state index is 4.66. The van der Waals surface area contributed by atoms with E-state index in [9.17, 15) is 0 Å². The molecular weight excluding hydrogens is 404 g/mol. The van der Waals surface area contributed by atoms with Crippen LogP contribution >= 0.6 is 0 Å². The van der Waals surface area contributed by atoms with E-state index in [1.54, 1.807) is 10.4 Å². The van der Waals surface area contributed by atoms with Gasteiger partial charge in [-0.15, -0.1) is 6.58 Å². The van der Waals surface area contributed by atoms with Gasteiger partial charge in [0.2, 0.25) is 0 Å². The van der Waals surface area contributed by atoms with E-state index in [1.165, 1.54) is 63.0 Å². The molecule has 2 saturated carbocycles. The highest BCUT2D eigenvalue weighted by Crippen LogP contribution is 2.52. The minimum atomic E-state index is -1.80. The average Bonchev–Trinajstić information content (AvgIpc) is 3.48. The van der Waals surface area contributed by atoms with Gasteiger partial charge in [0.25, 0.3) is 0 Å². The Morgan fingerprint density at radius 2 is 1.32 bits per heavy atom. The molecule has 0 bridgehead atoms. The summed E-state index contributed by atoms with van der Waals surface area (Å²) in [7, 11) is -2.91. The van der Waals surface area contributed by atoms with E-state index >= 15 is 0 Å². The minimum absolute atomic E-state index is 0.885. The Morgan fingerprint density at radius 3 is 1.87 bits per heavy atom. The minimum Gasteiger partial charge on any atom is -0.100 e. The molecule has 0 spiro atoms. The third-order valence-electron chi connectivity index (χ3n) is 9.00. The van der Waals surface area contributed by atoms with E-state index in [2.05, 4.69) is 86.9 Å². The predicted molar refractivity (Wildman–Crippen MR) is 143 cm³/mol. The first kappa shape index (κ1) is 22.8. The van der Waals surface area contributed by atoms with Gasteiger partial charge in [0.1, 0.15) is 8.07 Å². The normalized spacial score (nSPS) is 22.7. The first-order valence-corrected chi connectivity index (χ1v) is 18.5. The molecule has 2 atom stereocenters. The SMILES string of the molecule is C=C(CC1CCC([Si](C)(C)C2CCCC2)C1)C[Si](C)(c1ccccc1)c1ccccc1. The summed E-state index contributed by atoms with van der Waals surface area (Å²) in [4.78, 5) is 0. The maximum atomic E-state index is 4.66. The van der Waals surface area contributed by atoms with E-state index in [4.69, 9.17) is 0 Å². The summed E-state index contributed by atoms with van der Waals surface area (Å²) in [5.41, 5.74) is 3.67. The molecule has 2 fully saturated rings. The van der Waals surface area contributed by atoms with Crippen molar-refractivity contribution >= 4 is 26.5 Å². The molecule has 2 heteroatoms. The van der Waals surface area contributed by atoms with Gasteiger partial charge in [-0.3, -0.25) is 0 Å². The lowest BCUT2D eigenvalue weighted by molar-refractivity contribution is 0.541. The molecule has 0 radical (unpaired) electrons. The van der Waals surface area contributed by atoms with Gasteiger partial charge in [-0.05, 0) is 35.9 Å². The largest absolute Gasteiger partial charge is 0.119 e. The molecule has 0 aromatic heterocycles. The van der Waals surface area contributed by atoms with Crippen LogP contribution in [0.3, 0.4) is 0 Å². The Kier molecular flexibility index (Phi) is 7.08. The first-order chi connectivity index (χ1) is 14.9. The summed E-state index contributed by atoms with van der Waals surface area (Å²) in [6, 6.07) is 23.7. The second-order valence-corrected chi connectivity index (χ2v) is 20.8. The zero-order valence-corrected chi connectivity index (χ0v) is 22.1. The zero-order chi connectivity index (χ0) is 21.9. The fourth-order valence-electron chi connectivity index (χ4n) is 6.90. The number of benzene rings is 2. The lowest BCUT2D eigenvalue weighted by Crippen LogP contribution is -2.55. The molecule has 4 rings (SSSR count). The Labute approximate surface area is 193 Å². The second-order valence-electron chi connectivity index (χ2n) is 11.4. The Morgan fingerprint density at radius 1 is 0.774 bits per heavy atom. The van der Waals surface area contributed by atoms with Crippen LogP contribution in [0.2, 0.25) is 36.8 Å². The summed E-state index contributed by atoms with van der Waals surface area (Å²) >= 11 is 0. The maximum Gasteiger partial charge on any atom is 0.119 e. The van der Waals surface area contributed by atoms with Gasteiger partial charge in [0.05, 0.1) is 8.07 Å². The molecule has 31 heavy (non-hydrogen) atoms. The molecule has 2 aromatic carbocycles. The van der Waals surface area contributed by atoms with Gasteiger partial charge in [0, 0.05) is 0 Å². The third-order valence-corrected chi connectivity index (χ3v) is 18.7. The number of hydrogen-bond acceptors (Lipinski definition) is 0. The molecule has 2 aliphatic rings. The highest BCUT2D eigenvalue weighted by atomic mass is 28.3. The van der Waals surface area contributed by atoms with Gasteiger partial charge in [-0.25, -0.2) is 0 Å². The fraction of sp³-hybridized carbons (Fsp3) is 0.517. The summed E-state index contributed by atoms with van der Waals surface area (Å²) < 4.78 is 0. The molecule has 0 heterocycles. The monoisotopic (exact) mass is 446 g/mol. The molecule has 0 nitrogen and oxygen atoms in total. The standard InChI is InChI=1S/C29H42Si2/c1-24(21-25-19-20-29(22-25)30(2,3)26-13-11-12-14-26)23-31(4,27-15-7-5-8-16-27)28-17-9-6-10-18-28/h5-10,15-18,25-26,29H,1,11-14,19-23H2,2-4H3. The van der Waals surface area contributed by atoms with Gasteiger partial charge in [0.15, 0.2) is 0 Å². The van der Waals surface area contributed by atoms with Crippen molar-refractivity contribution < 1.29 is 0 Å². The van der Waals surface area contributed by atoms with Crippen LogP contribution in [0.15, 0.2) is 72.8 Å².